The van der Waals surface area contributed by atoms with E-state index in [0.29, 0.717) is 0 Å². The van der Waals surface area contributed by atoms with Crippen molar-refractivity contribution in [1.82, 2.24) is 0 Å². The summed E-state index contributed by atoms with van der Waals surface area (Å²) >= 11 is 1.62. The number of hydrogen-bond donors (Lipinski definition) is 1. The van der Waals surface area contributed by atoms with Crippen LogP contribution in [0.4, 0.5) is 4.39 Å². The highest BCUT2D eigenvalue weighted by molar-refractivity contribution is 7.98. The van der Waals surface area contributed by atoms with Gasteiger partial charge in [0, 0.05) is 23.3 Å². The standard InChI is InChI=1S/C8H16FNOS/c1-8(2,6-9)7(4-10-11)5-12-3/h4,7,11H,5-6H2,1-3H3/b10-4-. The minimum atomic E-state index is -0.435. The molecule has 0 aliphatic heterocycles. The van der Waals surface area contributed by atoms with E-state index in [1.165, 1.54) is 6.21 Å². The van der Waals surface area contributed by atoms with Crippen molar-refractivity contribution in [2.24, 2.45) is 16.5 Å². The molecule has 0 aliphatic carbocycles. The molecule has 0 aromatic carbocycles. The van der Waals surface area contributed by atoms with Gasteiger partial charge in [0.1, 0.15) is 0 Å². The lowest BCUT2D eigenvalue weighted by molar-refractivity contribution is 0.213. The monoisotopic (exact) mass is 193 g/mol. The molecule has 0 fully saturated rings. The molecular formula is C8H16FNOS. The highest BCUT2D eigenvalue weighted by atomic mass is 32.2. The van der Waals surface area contributed by atoms with Crippen LogP contribution in [0.15, 0.2) is 5.16 Å². The molecule has 1 atom stereocenters. The Balaban J connectivity index is 4.27. The van der Waals surface area contributed by atoms with Crippen molar-refractivity contribution in [3.63, 3.8) is 0 Å². The second-order valence-corrected chi connectivity index (χ2v) is 4.36. The fraction of sp³-hybridized carbons (Fsp3) is 0.875. The lowest BCUT2D eigenvalue weighted by atomic mass is 9.82. The molecule has 12 heavy (non-hydrogen) atoms. The Kier molecular flexibility index (Phi) is 5.29. The van der Waals surface area contributed by atoms with Gasteiger partial charge < -0.3 is 5.21 Å². The van der Waals surface area contributed by atoms with Crippen LogP contribution in [0.2, 0.25) is 0 Å². The number of halogens is 1. The van der Waals surface area contributed by atoms with Crippen molar-refractivity contribution in [2.45, 2.75) is 13.8 Å². The average Bonchev–Trinajstić information content (AvgIpc) is 2.04. The molecule has 0 aromatic rings. The Labute approximate surface area is 77.2 Å². The zero-order valence-corrected chi connectivity index (χ0v) is 8.57. The second-order valence-electron chi connectivity index (χ2n) is 3.45. The van der Waals surface area contributed by atoms with Gasteiger partial charge in [0.15, 0.2) is 0 Å². The van der Waals surface area contributed by atoms with Crippen LogP contribution in [0.3, 0.4) is 0 Å². The summed E-state index contributed by atoms with van der Waals surface area (Å²) in [6.45, 7) is 3.26. The SMILES string of the molecule is CSCC(/C=N\O)C(C)(C)CF. The third-order valence-corrected chi connectivity index (χ3v) is 2.63. The van der Waals surface area contributed by atoms with Gasteiger partial charge in [-0.05, 0) is 6.26 Å². The van der Waals surface area contributed by atoms with Gasteiger partial charge >= 0.3 is 0 Å². The lowest BCUT2D eigenvalue weighted by Crippen LogP contribution is -2.29. The molecule has 0 spiro atoms. The fourth-order valence-corrected chi connectivity index (χ4v) is 1.73. The maximum Gasteiger partial charge on any atom is 0.0951 e. The summed E-state index contributed by atoms with van der Waals surface area (Å²) in [5, 5.41) is 11.3. The Hall–Kier alpha value is -0.250. The first-order valence-corrected chi connectivity index (χ1v) is 5.20. The summed E-state index contributed by atoms with van der Waals surface area (Å²) in [7, 11) is 0. The van der Waals surface area contributed by atoms with Crippen LogP contribution in [0.5, 0.6) is 0 Å². The van der Waals surface area contributed by atoms with E-state index in [2.05, 4.69) is 5.16 Å². The molecule has 0 aliphatic rings. The number of hydrogen-bond acceptors (Lipinski definition) is 3. The molecule has 72 valence electrons. The average molecular weight is 193 g/mol. The van der Waals surface area contributed by atoms with E-state index >= 15 is 0 Å². The second kappa shape index (κ2) is 5.41. The first-order valence-electron chi connectivity index (χ1n) is 3.81. The van der Waals surface area contributed by atoms with Crippen LogP contribution >= 0.6 is 11.8 Å². The first-order chi connectivity index (χ1) is 5.58. The van der Waals surface area contributed by atoms with E-state index in [4.69, 9.17) is 5.21 Å². The minimum Gasteiger partial charge on any atom is -0.411 e. The molecule has 0 heterocycles. The van der Waals surface area contributed by atoms with Gasteiger partial charge in [-0.1, -0.05) is 13.8 Å². The Morgan fingerprint density at radius 1 is 1.67 bits per heavy atom. The molecule has 0 saturated heterocycles. The van der Waals surface area contributed by atoms with Crippen molar-refractivity contribution in [1.29, 1.82) is 0 Å². The smallest absolute Gasteiger partial charge is 0.0951 e. The normalized spacial score (nSPS) is 15.3. The Morgan fingerprint density at radius 2 is 2.25 bits per heavy atom. The molecule has 1 N–H and O–H groups in total. The summed E-state index contributed by atoms with van der Waals surface area (Å²) in [6.07, 6.45) is 3.36. The third kappa shape index (κ3) is 3.43. The zero-order chi connectivity index (χ0) is 9.61. The van der Waals surface area contributed by atoms with E-state index in [9.17, 15) is 4.39 Å². The summed E-state index contributed by atoms with van der Waals surface area (Å²) in [4.78, 5) is 0. The largest absolute Gasteiger partial charge is 0.411 e. The van der Waals surface area contributed by atoms with Gasteiger partial charge in [-0.2, -0.15) is 11.8 Å². The van der Waals surface area contributed by atoms with Crippen molar-refractivity contribution in [3.05, 3.63) is 0 Å². The maximum absolute atomic E-state index is 12.5. The van der Waals surface area contributed by atoms with E-state index in [-0.39, 0.29) is 5.92 Å². The van der Waals surface area contributed by atoms with Crippen LogP contribution in [0.25, 0.3) is 0 Å². The molecule has 0 radical (unpaired) electrons. The van der Waals surface area contributed by atoms with Crippen molar-refractivity contribution < 1.29 is 9.60 Å². The van der Waals surface area contributed by atoms with Crippen molar-refractivity contribution >= 4 is 18.0 Å². The van der Waals surface area contributed by atoms with Gasteiger partial charge in [0.2, 0.25) is 0 Å². The van der Waals surface area contributed by atoms with Gasteiger partial charge in [0.25, 0.3) is 0 Å². The molecule has 0 saturated carbocycles. The number of rotatable bonds is 5. The predicted molar refractivity (Wildman–Crippen MR) is 51.9 cm³/mol. The summed E-state index contributed by atoms with van der Waals surface area (Å²) in [6, 6.07) is 0. The van der Waals surface area contributed by atoms with E-state index in [0.717, 1.165) is 5.75 Å². The number of alkyl halides is 1. The Bertz CT molecular complexity index is 150. The van der Waals surface area contributed by atoms with Crippen molar-refractivity contribution in [2.75, 3.05) is 18.7 Å². The topological polar surface area (TPSA) is 32.6 Å². The highest BCUT2D eigenvalue weighted by Gasteiger charge is 2.27. The zero-order valence-electron chi connectivity index (χ0n) is 7.75. The summed E-state index contributed by atoms with van der Waals surface area (Å²) < 4.78 is 12.5. The molecule has 0 aromatic heterocycles. The molecule has 0 rings (SSSR count). The van der Waals surface area contributed by atoms with E-state index in [1.807, 2.05) is 20.1 Å². The molecule has 1 unspecified atom stereocenters. The van der Waals surface area contributed by atoms with Crippen LogP contribution in [0.1, 0.15) is 13.8 Å². The van der Waals surface area contributed by atoms with Crippen LogP contribution < -0.4 is 0 Å². The third-order valence-electron chi connectivity index (χ3n) is 1.94. The predicted octanol–water partition coefficient (Wildman–Crippen LogP) is 2.42. The Morgan fingerprint density at radius 3 is 2.58 bits per heavy atom. The number of oxime groups is 1. The van der Waals surface area contributed by atoms with Crippen LogP contribution in [0, 0.1) is 11.3 Å². The lowest BCUT2D eigenvalue weighted by Gasteiger charge is -2.27. The summed E-state index contributed by atoms with van der Waals surface area (Å²) in [5.41, 5.74) is -0.435. The number of thioether (sulfide) groups is 1. The van der Waals surface area contributed by atoms with Crippen LogP contribution in [-0.2, 0) is 0 Å². The highest BCUT2D eigenvalue weighted by Crippen LogP contribution is 2.28. The van der Waals surface area contributed by atoms with Gasteiger partial charge in [0.05, 0.1) is 6.67 Å². The van der Waals surface area contributed by atoms with Gasteiger partial charge in [-0.3, -0.25) is 4.39 Å². The molecular weight excluding hydrogens is 177 g/mol. The molecule has 4 heteroatoms. The quantitative estimate of drug-likeness (QED) is 0.413. The molecule has 0 bridgehead atoms. The maximum atomic E-state index is 12.5. The van der Waals surface area contributed by atoms with E-state index < -0.39 is 12.1 Å². The van der Waals surface area contributed by atoms with Crippen molar-refractivity contribution in [3.8, 4) is 0 Å². The minimum absolute atomic E-state index is 0.0116. The number of nitrogens with zero attached hydrogens (tertiary/aromatic N) is 1. The van der Waals surface area contributed by atoms with E-state index in [1.54, 1.807) is 11.8 Å². The summed E-state index contributed by atoms with van der Waals surface area (Å²) in [5.74, 6) is 0.767. The molecule has 0 amide bonds. The van der Waals surface area contributed by atoms with Crippen LogP contribution in [-0.4, -0.2) is 30.1 Å². The van der Waals surface area contributed by atoms with Gasteiger partial charge in [-0.15, -0.1) is 5.16 Å². The molecule has 2 nitrogen and oxygen atoms in total. The fourth-order valence-electron chi connectivity index (χ4n) is 0.830. The van der Waals surface area contributed by atoms with Gasteiger partial charge in [-0.25, -0.2) is 0 Å². The first kappa shape index (κ1) is 11.8.